The van der Waals surface area contributed by atoms with Crippen LogP contribution in [0, 0.1) is 0 Å². The summed E-state index contributed by atoms with van der Waals surface area (Å²) in [6.07, 6.45) is 4.16. The highest BCUT2D eigenvalue weighted by Crippen LogP contribution is 2.26. The van der Waals surface area contributed by atoms with Gasteiger partial charge in [0.1, 0.15) is 0 Å². The molecule has 2 aliphatic rings. The van der Waals surface area contributed by atoms with E-state index in [0.717, 1.165) is 45.3 Å². The molecule has 2 amide bonds. The molecule has 0 aromatic carbocycles. The third-order valence-corrected chi connectivity index (χ3v) is 4.17. The summed E-state index contributed by atoms with van der Waals surface area (Å²) in [6, 6.07) is 0.710. The quantitative estimate of drug-likeness (QED) is 0.662. The van der Waals surface area contributed by atoms with Gasteiger partial charge in [0.15, 0.2) is 0 Å². The van der Waals surface area contributed by atoms with Crippen molar-refractivity contribution in [3.05, 3.63) is 0 Å². The van der Waals surface area contributed by atoms with E-state index in [1.807, 2.05) is 16.7 Å². The van der Waals surface area contributed by atoms with Gasteiger partial charge in [-0.25, -0.2) is 0 Å². The van der Waals surface area contributed by atoms with E-state index in [4.69, 9.17) is 5.73 Å². The lowest BCUT2D eigenvalue weighted by atomic mass is 10.0. The standard InChI is InChI=1S/C14H26N4O2/c1-2-18(12-3-4-12)14(20)10-17(9-13(15)19)11-5-7-16-8-6-11/h11-12,16H,2-10H2,1H3,(H2,15,19). The second-order valence-electron chi connectivity index (χ2n) is 5.76. The van der Waals surface area contributed by atoms with Gasteiger partial charge in [-0.05, 0) is 45.7 Å². The van der Waals surface area contributed by atoms with Crippen molar-refractivity contribution >= 4 is 11.8 Å². The summed E-state index contributed by atoms with van der Waals surface area (Å²) >= 11 is 0. The number of rotatable bonds is 7. The largest absolute Gasteiger partial charge is 0.369 e. The first-order valence-corrected chi connectivity index (χ1v) is 7.64. The first kappa shape index (κ1) is 15.3. The monoisotopic (exact) mass is 282 g/mol. The molecule has 20 heavy (non-hydrogen) atoms. The fraction of sp³-hybridized carbons (Fsp3) is 0.857. The number of carbonyl (C=O) groups is 2. The van der Waals surface area contributed by atoms with Crippen molar-refractivity contribution in [1.82, 2.24) is 15.1 Å². The van der Waals surface area contributed by atoms with Crippen LogP contribution < -0.4 is 11.1 Å². The van der Waals surface area contributed by atoms with Crippen molar-refractivity contribution in [2.45, 2.75) is 44.7 Å². The van der Waals surface area contributed by atoms with E-state index >= 15 is 0 Å². The fourth-order valence-electron chi connectivity index (χ4n) is 2.98. The molecule has 0 bridgehead atoms. The van der Waals surface area contributed by atoms with Gasteiger partial charge in [-0.15, -0.1) is 0 Å². The topological polar surface area (TPSA) is 78.7 Å². The second-order valence-corrected chi connectivity index (χ2v) is 5.76. The van der Waals surface area contributed by atoms with Crippen LogP contribution in [0.5, 0.6) is 0 Å². The summed E-state index contributed by atoms with van der Waals surface area (Å²) in [4.78, 5) is 27.6. The zero-order valence-corrected chi connectivity index (χ0v) is 12.3. The minimum absolute atomic E-state index is 0.134. The first-order valence-electron chi connectivity index (χ1n) is 7.64. The van der Waals surface area contributed by atoms with Gasteiger partial charge >= 0.3 is 0 Å². The van der Waals surface area contributed by atoms with Crippen LogP contribution in [0.4, 0.5) is 0 Å². The van der Waals surface area contributed by atoms with Crippen LogP contribution in [0.2, 0.25) is 0 Å². The Bertz CT molecular complexity index is 351. The van der Waals surface area contributed by atoms with Crippen LogP contribution in [0.15, 0.2) is 0 Å². The van der Waals surface area contributed by atoms with Crippen LogP contribution in [0.25, 0.3) is 0 Å². The highest BCUT2D eigenvalue weighted by atomic mass is 16.2. The summed E-state index contributed by atoms with van der Waals surface area (Å²) < 4.78 is 0. The van der Waals surface area contributed by atoms with Gasteiger partial charge in [0.05, 0.1) is 13.1 Å². The number of amides is 2. The predicted octanol–water partition coefficient (Wildman–Crippen LogP) is -0.463. The van der Waals surface area contributed by atoms with Gasteiger partial charge < -0.3 is 16.0 Å². The average molecular weight is 282 g/mol. The summed E-state index contributed by atoms with van der Waals surface area (Å²) in [6.45, 7) is 5.14. The molecule has 0 radical (unpaired) electrons. The molecule has 1 saturated carbocycles. The van der Waals surface area contributed by atoms with Gasteiger partial charge in [-0.1, -0.05) is 0 Å². The van der Waals surface area contributed by atoms with Gasteiger partial charge in [0.25, 0.3) is 0 Å². The highest BCUT2D eigenvalue weighted by molar-refractivity contribution is 5.81. The maximum atomic E-state index is 12.4. The van der Waals surface area contributed by atoms with Crippen molar-refractivity contribution in [3.63, 3.8) is 0 Å². The molecule has 114 valence electrons. The van der Waals surface area contributed by atoms with E-state index in [-0.39, 0.29) is 24.4 Å². The molecule has 2 fully saturated rings. The van der Waals surface area contributed by atoms with E-state index < -0.39 is 0 Å². The van der Waals surface area contributed by atoms with Crippen LogP contribution in [0.3, 0.4) is 0 Å². The van der Waals surface area contributed by atoms with Crippen molar-refractivity contribution in [2.24, 2.45) is 5.73 Å². The van der Waals surface area contributed by atoms with E-state index in [0.29, 0.717) is 12.6 Å². The third-order valence-electron chi connectivity index (χ3n) is 4.17. The highest BCUT2D eigenvalue weighted by Gasteiger charge is 2.33. The van der Waals surface area contributed by atoms with E-state index in [2.05, 4.69) is 5.32 Å². The predicted molar refractivity (Wildman–Crippen MR) is 77.1 cm³/mol. The van der Waals surface area contributed by atoms with Crippen LogP contribution >= 0.6 is 0 Å². The number of hydrogen-bond donors (Lipinski definition) is 2. The smallest absolute Gasteiger partial charge is 0.237 e. The molecule has 0 spiro atoms. The summed E-state index contributed by atoms with van der Waals surface area (Å²) in [5.41, 5.74) is 5.34. The van der Waals surface area contributed by atoms with Crippen LogP contribution in [0.1, 0.15) is 32.6 Å². The van der Waals surface area contributed by atoms with Gasteiger partial charge in [-0.3, -0.25) is 14.5 Å². The lowest BCUT2D eigenvalue weighted by Crippen LogP contribution is -2.51. The lowest BCUT2D eigenvalue weighted by Gasteiger charge is -2.34. The molecule has 0 atom stereocenters. The molecule has 0 aromatic rings. The number of nitrogens with two attached hydrogens (primary N) is 1. The Morgan fingerprint density at radius 1 is 1.10 bits per heavy atom. The van der Waals surface area contributed by atoms with E-state index in [1.165, 1.54) is 0 Å². The number of nitrogens with zero attached hydrogens (tertiary/aromatic N) is 2. The maximum absolute atomic E-state index is 12.4. The molecule has 1 aliphatic heterocycles. The fourth-order valence-corrected chi connectivity index (χ4v) is 2.98. The van der Waals surface area contributed by atoms with Crippen molar-refractivity contribution in [1.29, 1.82) is 0 Å². The number of piperidine rings is 1. The molecule has 3 N–H and O–H groups in total. The second kappa shape index (κ2) is 7.04. The van der Waals surface area contributed by atoms with Gasteiger partial charge in [0, 0.05) is 18.6 Å². The molecule has 1 saturated heterocycles. The molecule has 1 aliphatic carbocycles. The molecule has 6 nitrogen and oxygen atoms in total. The van der Waals surface area contributed by atoms with Crippen molar-refractivity contribution < 1.29 is 9.59 Å². The molecule has 2 rings (SSSR count). The van der Waals surface area contributed by atoms with Crippen molar-refractivity contribution in [2.75, 3.05) is 32.7 Å². The number of nitrogens with one attached hydrogen (secondary N) is 1. The van der Waals surface area contributed by atoms with Crippen LogP contribution in [-0.2, 0) is 9.59 Å². The maximum Gasteiger partial charge on any atom is 0.237 e. The zero-order chi connectivity index (χ0) is 14.5. The number of carbonyl (C=O) groups excluding carboxylic acids is 2. The number of primary amides is 1. The van der Waals surface area contributed by atoms with Crippen molar-refractivity contribution in [3.8, 4) is 0 Å². The number of likely N-dealkylation sites (N-methyl/N-ethyl adjacent to an activating group) is 1. The normalized spacial score (nSPS) is 20.1. The molecule has 6 heteroatoms. The van der Waals surface area contributed by atoms with E-state index in [9.17, 15) is 9.59 Å². The van der Waals surface area contributed by atoms with Gasteiger partial charge in [-0.2, -0.15) is 0 Å². The molecular formula is C14H26N4O2. The summed E-state index contributed by atoms with van der Waals surface area (Å²) in [5, 5.41) is 3.30. The zero-order valence-electron chi connectivity index (χ0n) is 12.3. The Balaban J connectivity index is 1.94. The molecule has 1 heterocycles. The minimum Gasteiger partial charge on any atom is -0.369 e. The molecular weight excluding hydrogens is 256 g/mol. The number of hydrogen-bond acceptors (Lipinski definition) is 4. The minimum atomic E-state index is -0.356. The van der Waals surface area contributed by atoms with Gasteiger partial charge in [0.2, 0.25) is 11.8 Å². The average Bonchev–Trinajstić information content (AvgIpc) is 3.24. The molecule has 0 unspecified atom stereocenters. The van der Waals surface area contributed by atoms with Crippen LogP contribution in [-0.4, -0.2) is 66.4 Å². The summed E-state index contributed by atoms with van der Waals surface area (Å²) in [7, 11) is 0. The first-order chi connectivity index (χ1) is 9.61. The Kier molecular flexibility index (Phi) is 5.37. The lowest BCUT2D eigenvalue weighted by molar-refractivity contribution is -0.134. The Morgan fingerprint density at radius 3 is 2.25 bits per heavy atom. The van der Waals surface area contributed by atoms with E-state index in [1.54, 1.807) is 0 Å². The Labute approximate surface area is 120 Å². The Morgan fingerprint density at radius 2 is 1.75 bits per heavy atom. The molecule has 0 aromatic heterocycles. The SMILES string of the molecule is CCN(C(=O)CN(CC(N)=O)C1CCNCC1)C1CC1. The third kappa shape index (κ3) is 4.18. The Hall–Kier alpha value is -1.14. The summed E-state index contributed by atoms with van der Waals surface area (Å²) in [5.74, 6) is -0.222.